The van der Waals surface area contributed by atoms with Crippen LogP contribution in [-0.4, -0.2) is 52.1 Å². The first-order valence-corrected chi connectivity index (χ1v) is 11.6. The molecular formula is C24H23N9O2. The third-order valence-corrected chi connectivity index (χ3v) is 7.23. The number of fused-ring (bicyclic) bond motifs is 2. The lowest BCUT2D eigenvalue weighted by molar-refractivity contribution is 0.363. The number of aryl methyl sites for hydroxylation is 2. The molecule has 1 aliphatic carbocycles. The number of piperidine rings is 1. The molecule has 0 amide bonds. The number of rotatable bonds is 5. The van der Waals surface area contributed by atoms with Crippen molar-refractivity contribution in [2.75, 3.05) is 18.0 Å². The van der Waals surface area contributed by atoms with Gasteiger partial charge in [0, 0.05) is 50.6 Å². The molecule has 11 nitrogen and oxygen atoms in total. The van der Waals surface area contributed by atoms with Crippen molar-refractivity contribution < 1.29 is 4.52 Å². The predicted octanol–water partition coefficient (Wildman–Crippen LogP) is 1.81. The van der Waals surface area contributed by atoms with Crippen molar-refractivity contribution in [3.63, 3.8) is 0 Å². The maximum Gasteiger partial charge on any atom is 0.280 e. The summed E-state index contributed by atoms with van der Waals surface area (Å²) in [4.78, 5) is 28.2. The normalized spacial score (nSPS) is 21.1. The van der Waals surface area contributed by atoms with Gasteiger partial charge in [0.2, 0.25) is 5.89 Å². The molecule has 5 aromatic rings. The molecule has 2 aliphatic rings. The van der Waals surface area contributed by atoms with Crippen LogP contribution in [-0.2, 0) is 20.6 Å². The van der Waals surface area contributed by atoms with Crippen LogP contribution < -0.4 is 10.5 Å². The lowest BCUT2D eigenvalue weighted by atomic mass is 10.1. The summed E-state index contributed by atoms with van der Waals surface area (Å²) in [6.45, 7) is 2.13. The highest BCUT2D eigenvalue weighted by Crippen LogP contribution is 2.58. The summed E-state index contributed by atoms with van der Waals surface area (Å²) in [6, 6.07) is 8.61. The van der Waals surface area contributed by atoms with Gasteiger partial charge in [-0.05, 0) is 29.5 Å². The molecule has 0 radical (unpaired) electrons. The summed E-state index contributed by atoms with van der Waals surface area (Å²) >= 11 is 0. The number of imidazole rings is 1. The van der Waals surface area contributed by atoms with Crippen LogP contribution in [0.5, 0.6) is 0 Å². The van der Waals surface area contributed by atoms with Crippen LogP contribution >= 0.6 is 0 Å². The first kappa shape index (κ1) is 20.1. The minimum atomic E-state index is -0.179. The van der Waals surface area contributed by atoms with E-state index in [-0.39, 0.29) is 12.1 Å². The van der Waals surface area contributed by atoms with Gasteiger partial charge < -0.3 is 14.0 Å². The molecule has 176 valence electrons. The minimum Gasteiger partial charge on any atom is -0.371 e. The van der Waals surface area contributed by atoms with Crippen LogP contribution in [0.25, 0.3) is 22.3 Å². The first-order valence-electron chi connectivity index (χ1n) is 11.6. The largest absolute Gasteiger partial charge is 0.371 e. The van der Waals surface area contributed by atoms with Crippen molar-refractivity contribution in [1.29, 1.82) is 0 Å². The van der Waals surface area contributed by atoms with Crippen molar-refractivity contribution in [2.45, 2.75) is 12.5 Å². The molecule has 2 unspecified atom stereocenters. The highest BCUT2D eigenvalue weighted by molar-refractivity contribution is 5.69. The van der Waals surface area contributed by atoms with Gasteiger partial charge in [0.05, 0.1) is 12.5 Å². The minimum absolute atomic E-state index is 0.179. The molecule has 1 aromatic carbocycles. The number of hydrogen-bond acceptors (Lipinski definition) is 8. The zero-order valence-corrected chi connectivity index (χ0v) is 19.3. The lowest BCUT2D eigenvalue weighted by Crippen LogP contribution is -2.23. The van der Waals surface area contributed by atoms with Crippen molar-refractivity contribution in [2.24, 2.45) is 25.9 Å². The molecule has 35 heavy (non-hydrogen) atoms. The molecule has 1 saturated carbocycles. The first-order chi connectivity index (χ1) is 17.0. The van der Waals surface area contributed by atoms with Gasteiger partial charge >= 0.3 is 0 Å². The summed E-state index contributed by atoms with van der Waals surface area (Å²) in [5.41, 5.74) is 4.22. The van der Waals surface area contributed by atoms with E-state index in [0.717, 1.165) is 24.5 Å². The highest BCUT2D eigenvalue weighted by atomic mass is 16.5. The van der Waals surface area contributed by atoms with Gasteiger partial charge in [0.1, 0.15) is 12.9 Å². The second-order valence-electron chi connectivity index (χ2n) is 9.46. The van der Waals surface area contributed by atoms with E-state index in [1.807, 2.05) is 24.1 Å². The van der Waals surface area contributed by atoms with Crippen LogP contribution in [0.15, 0.2) is 58.6 Å². The Morgan fingerprint density at radius 2 is 1.91 bits per heavy atom. The van der Waals surface area contributed by atoms with E-state index >= 15 is 0 Å². The molecule has 5 heterocycles. The number of aromatic nitrogens is 8. The molecule has 1 aliphatic heterocycles. The van der Waals surface area contributed by atoms with Gasteiger partial charge in [-0.25, -0.2) is 9.97 Å². The lowest BCUT2D eigenvalue weighted by Gasteiger charge is -2.22. The summed E-state index contributed by atoms with van der Waals surface area (Å²) in [7, 11) is 3.71. The molecule has 0 spiro atoms. The van der Waals surface area contributed by atoms with E-state index in [0.29, 0.717) is 34.8 Å². The van der Waals surface area contributed by atoms with Crippen LogP contribution in [0.1, 0.15) is 17.6 Å². The zero-order chi connectivity index (χ0) is 23.7. The Bertz CT molecular complexity index is 1620. The average Bonchev–Trinajstić information content (AvgIpc) is 3.43. The standard InChI is InChI=1S/C24H23N9O2/c1-30-12-25-23-21(30)24(34)33(13-26-23)11-19-28-22(29-35-19)20-17-9-32(10-18(17)20)16-5-3-4-14(6-16)15-7-27-31(2)8-15/h3-8,12-13,17-18,20H,9-11H2,1-2H3. The molecule has 4 aromatic heterocycles. The van der Waals surface area contributed by atoms with Crippen LogP contribution in [0.4, 0.5) is 5.69 Å². The van der Waals surface area contributed by atoms with Crippen molar-refractivity contribution >= 4 is 16.9 Å². The van der Waals surface area contributed by atoms with E-state index in [1.165, 1.54) is 22.1 Å². The van der Waals surface area contributed by atoms with Gasteiger partial charge in [-0.15, -0.1) is 0 Å². The fraction of sp³-hybridized carbons (Fsp3) is 0.333. The Kier molecular flexibility index (Phi) is 4.23. The second kappa shape index (κ2) is 7.36. The number of benzene rings is 1. The Labute approximate surface area is 199 Å². The monoisotopic (exact) mass is 469 g/mol. The highest BCUT2D eigenvalue weighted by Gasteiger charge is 2.58. The third kappa shape index (κ3) is 3.26. The second-order valence-corrected chi connectivity index (χ2v) is 9.46. The van der Waals surface area contributed by atoms with Gasteiger partial charge in [-0.2, -0.15) is 10.1 Å². The van der Waals surface area contributed by atoms with Gasteiger partial charge in [0.25, 0.3) is 5.56 Å². The van der Waals surface area contributed by atoms with Crippen molar-refractivity contribution in [3.05, 3.63) is 71.4 Å². The fourth-order valence-electron chi connectivity index (χ4n) is 5.37. The van der Waals surface area contributed by atoms with E-state index in [9.17, 15) is 4.79 Å². The van der Waals surface area contributed by atoms with E-state index < -0.39 is 0 Å². The van der Waals surface area contributed by atoms with Crippen molar-refractivity contribution in [1.82, 2.24) is 39.0 Å². The summed E-state index contributed by atoms with van der Waals surface area (Å²) in [6.07, 6.45) is 6.98. The smallest absolute Gasteiger partial charge is 0.280 e. The van der Waals surface area contributed by atoms with Gasteiger partial charge in [-0.3, -0.25) is 14.0 Å². The molecule has 0 N–H and O–H groups in total. The Morgan fingerprint density at radius 1 is 1.09 bits per heavy atom. The molecule has 7 rings (SSSR count). The van der Waals surface area contributed by atoms with E-state index in [2.05, 4.69) is 54.4 Å². The molecule has 1 saturated heterocycles. The quantitative estimate of drug-likeness (QED) is 0.383. The predicted molar refractivity (Wildman–Crippen MR) is 127 cm³/mol. The summed E-state index contributed by atoms with van der Waals surface area (Å²) in [5.74, 6) is 2.48. The molecule has 0 bridgehead atoms. The number of hydrogen-bond donors (Lipinski definition) is 0. The Morgan fingerprint density at radius 3 is 2.71 bits per heavy atom. The molecule has 2 atom stereocenters. The van der Waals surface area contributed by atoms with Gasteiger partial charge in [-0.1, -0.05) is 17.3 Å². The zero-order valence-electron chi connectivity index (χ0n) is 19.3. The third-order valence-electron chi connectivity index (χ3n) is 7.23. The average molecular weight is 470 g/mol. The molecular weight excluding hydrogens is 446 g/mol. The summed E-state index contributed by atoms with van der Waals surface area (Å²) < 4.78 is 10.5. The van der Waals surface area contributed by atoms with Crippen LogP contribution in [0.2, 0.25) is 0 Å². The molecule has 2 fully saturated rings. The maximum absolute atomic E-state index is 12.8. The Balaban J connectivity index is 1.04. The molecule has 11 heteroatoms. The SMILES string of the molecule is Cn1cc(-c2cccc(N3CC4C(C3)C4c3noc(Cn4cnc5ncn(C)c5c4=O)n3)c2)cn1. The van der Waals surface area contributed by atoms with Gasteiger partial charge in [0.15, 0.2) is 17.0 Å². The van der Waals surface area contributed by atoms with Crippen LogP contribution in [0.3, 0.4) is 0 Å². The number of anilines is 1. The van der Waals surface area contributed by atoms with E-state index in [4.69, 9.17) is 4.52 Å². The Hall–Kier alpha value is -4.28. The van der Waals surface area contributed by atoms with Crippen LogP contribution in [0, 0.1) is 11.8 Å². The summed E-state index contributed by atoms with van der Waals surface area (Å²) in [5, 5.41) is 8.53. The van der Waals surface area contributed by atoms with E-state index in [1.54, 1.807) is 17.9 Å². The van der Waals surface area contributed by atoms with Crippen molar-refractivity contribution in [3.8, 4) is 11.1 Å². The topological polar surface area (TPSA) is 113 Å². The number of nitrogens with zero attached hydrogens (tertiary/aromatic N) is 9. The fourth-order valence-corrected chi connectivity index (χ4v) is 5.37. The maximum atomic E-state index is 12.8.